The fourth-order valence-corrected chi connectivity index (χ4v) is 2.92. The lowest BCUT2D eigenvalue weighted by molar-refractivity contribution is -0.126. The van der Waals surface area contributed by atoms with Crippen molar-refractivity contribution in [3.63, 3.8) is 0 Å². The first-order valence-corrected chi connectivity index (χ1v) is 7.77. The van der Waals surface area contributed by atoms with E-state index in [1.807, 2.05) is 42.5 Å². The van der Waals surface area contributed by atoms with Crippen LogP contribution in [-0.4, -0.2) is 17.5 Å². The van der Waals surface area contributed by atoms with Crippen molar-refractivity contribution in [3.05, 3.63) is 77.9 Å². The maximum atomic E-state index is 15.3. The highest BCUT2D eigenvalue weighted by molar-refractivity contribution is 6.04. The average Bonchev–Trinajstić information content (AvgIpc) is 2.62. The lowest BCUT2D eigenvalue weighted by Crippen LogP contribution is -2.43. The van der Waals surface area contributed by atoms with Gasteiger partial charge in [0.1, 0.15) is 0 Å². The van der Waals surface area contributed by atoms with Gasteiger partial charge in [-0.05, 0) is 16.7 Å². The van der Waals surface area contributed by atoms with Crippen molar-refractivity contribution in [3.8, 4) is 11.1 Å². The van der Waals surface area contributed by atoms with Gasteiger partial charge in [0.05, 0.1) is 0 Å². The molecule has 1 atom stereocenters. The third kappa shape index (κ3) is 3.08. The topological polar surface area (TPSA) is 86.2 Å². The summed E-state index contributed by atoms with van der Waals surface area (Å²) in [4.78, 5) is 23.1. The third-order valence-electron chi connectivity index (χ3n) is 4.32. The number of amides is 2. The quantitative estimate of drug-likeness (QED) is 0.899. The van der Waals surface area contributed by atoms with Gasteiger partial charge in [0, 0.05) is 17.6 Å². The summed E-state index contributed by atoms with van der Waals surface area (Å²) in [6.45, 7) is 0. The maximum Gasteiger partial charge on any atom is 0.260 e. The van der Waals surface area contributed by atoms with Crippen LogP contribution in [-0.2, 0) is 9.59 Å². The average molecular weight is 336 g/mol. The number of hydrogen-bond acceptors (Lipinski definition) is 2. The number of nitrogens with two attached hydrogens (primary N) is 2. The lowest BCUT2D eigenvalue weighted by atomic mass is 9.80. The number of halogens is 1. The normalized spacial score (nSPS) is 19.7. The highest BCUT2D eigenvalue weighted by atomic mass is 19.1. The monoisotopic (exact) mass is 336 g/mol. The molecule has 0 saturated heterocycles. The highest BCUT2D eigenvalue weighted by Crippen LogP contribution is 2.39. The predicted octanol–water partition coefficient (Wildman–Crippen LogP) is 2.75. The zero-order valence-electron chi connectivity index (χ0n) is 13.4. The number of benzene rings is 2. The molecule has 1 aliphatic rings. The summed E-state index contributed by atoms with van der Waals surface area (Å²) in [6.07, 6.45) is 2.37. The first-order valence-electron chi connectivity index (χ1n) is 7.77. The molecule has 1 unspecified atom stereocenters. The highest BCUT2D eigenvalue weighted by Gasteiger charge is 2.44. The van der Waals surface area contributed by atoms with Crippen LogP contribution in [0.15, 0.2) is 72.3 Å². The molecule has 25 heavy (non-hydrogen) atoms. The van der Waals surface area contributed by atoms with Crippen molar-refractivity contribution in [2.75, 3.05) is 0 Å². The molecule has 0 heterocycles. The molecular formula is C20H17FN2O2. The maximum absolute atomic E-state index is 15.3. The molecule has 0 bridgehead atoms. The number of hydrogen-bond donors (Lipinski definition) is 2. The van der Waals surface area contributed by atoms with Gasteiger partial charge in [-0.25, -0.2) is 4.39 Å². The molecule has 2 aromatic rings. The third-order valence-corrected chi connectivity index (χ3v) is 4.32. The Balaban J connectivity index is 2.01. The number of alkyl halides is 1. The van der Waals surface area contributed by atoms with E-state index in [9.17, 15) is 9.59 Å². The van der Waals surface area contributed by atoms with Crippen LogP contribution in [0.4, 0.5) is 4.39 Å². The van der Waals surface area contributed by atoms with Gasteiger partial charge in [-0.3, -0.25) is 9.59 Å². The van der Waals surface area contributed by atoms with Crippen LogP contribution in [0.25, 0.3) is 16.7 Å². The molecule has 0 radical (unpaired) electrons. The Kier molecular flexibility index (Phi) is 4.23. The van der Waals surface area contributed by atoms with E-state index in [0.717, 1.165) is 11.1 Å². The molecule has 0 spiro atoms. The van der Waals surface area contributed by atoms with E-state index in [4.69, 9.17) is 11.5 Å². The fourth-order valence-electron chi connectivity index (χ4n) is 2.92. The SMILES string of the molecule is NC(=O)C1=CC=C(c2ccc(-c3ccccc3)cc2)C(F)(C(N)=O)C1. The molecule has 1 aliphatic carbocycles. The number of allylic oxidation sites excluding steroid dienone is 2. The molecule has 0 aromatic heterocycles. The van der Waals surface area contributed by atoms with Gasteiger partial charge in [-0.2, -0.15) is 0 Å². The molecule has 2 amide bonds. The van der Waals surface area contributed by atoms with E-state index in [1.54, 1.807) is 12.1 Å². The summed E-state index contributed by atoms with van der Waals surface area (Å²) in [5, 5.41) is 0. The lowest BCUT2D eigenvalue weighted by Gasteiger charge is -2.28. The molecule has 126 valence electrons. The molecular weight excluding hydrogens is 319 g/mol. The zero-order valence-corrected chi connectivity index (χ0v) is 13.4. The minimum absolute atomic E-state index is 0.0333. The first kappa shape index (κ1) is 16.6. The van der Waals surface area contributed by atoms with Crippen molar-refractivity contribution in [1.82, 2.24) is 0 Å². The smallest absolute Gasteiger partial charge is 0.260 e. The summed E-state index contributed by atoms with van der Waals surface area (Å²) < 4.78 is 15.3. The van der Waals surface area contributed by atoms with Gasteiger partial charge in [-0.1, -0.05) is 66.7 Å². The summed E-state index contributed by atoms with van der Waals surface area (Å²) in [5.41, 5.74) is 10.7. The molecule has 4 nitrogen and oxygen atoms in total. The van der Waals surface area contributed by atoms with Gasteiger partial charge in [0.15, 0.2) is 0 Å². The van der Waals surface area contributed by atoms with Crippen LogP contribution in [0.1, 0.15) is 12.0 Å². The van der Waals surface area contributed by atoms with Gasteiger partial charge < -0.3 is 11.5 Å². The number of carbonyl (C=O) groups excluding carboxylic acids is 2. The summed E-state index contributed by atoms with van der Waals surface area (Å²) >= 11 is 0. The summed E-state index contributed by atoms with van der Waals surface area (Å²) in [7, 11) is 0. The van der Waals surface area contributed by atoms with Crippen LogP contribution in [0.3, 0.4) is 0 Å². The molecule has 3 rings (SSSR count). The Bertz CT molecular complexity index is 886. The van der Waals surface area contributed by atoms with Crippen LogP contribution in [0.5, 0.6) is 0 Å². The van der Waals surface area contributed by atoms with Crippen molar-refractivity contribution >= 4 is 17.4 Å². The second-order valence-electron chi connectivity index (χ2n) is 5.92. The number of rotatable bonds is 4. The van der Waals surface area contributed by atoms with Gasteiger partial charge in [0.2, 0.25) is 11.6 Å². The second kappa shape index (κ2) is 6.36. The van der Waals surface area contributed by atoms with E-state index in [1.165, 1.54) is 12.2 Å². The van der Waals surface area contributed by atoms with Crippen molar-refractivity contribution in [1.29, 1.82) is 0 Å². The Morgan fingerprint density at radius 3 is 1.96 bits per heavy atom. The van der Waals surface area contributed by atoms with Crippen LogP contribution >= 0.6 is 0 Å². The molecule has 0 fully saturated rings. The van der Waals surface area contributed by atoms with E-state index in [0.29, 0.717) is 5.56 Å². The molecule has 0 aliphatic heterocycles. The van der Waals surface area contributed by atoms with Crippen LogP contribution in [0, 0.1) is 0 Å². The number of primary amides is 2. The van der Waals surface area contributed by atoms with Gasteiger partial charge >= 0.3 is 0 Å². The van der Waals surface area contributed by atoms with E-state index in [2.05, 4.69) is 0 Å². The zero-order chi connectivity index (χ0) is 18.0. The standard InChI is InChI=1S/C20H17FN2O2/c21-20(19(23)25)12-16(18(22)24)10-11-17(20)15-8-6-14(7-9-15)13-4-2-1-3-5-13/h1-11H,12H2,(H2,22,24)(H2,23,25). The fraction of sp³-hybridized carbons (Fsp3) is 0.100. The van der Waals surface area contributed by atoms with E-state index < -0.39 is 23.9 Å². The Morgan fingerprint density at radius 2 is 1.40 bits per heavy atom. The van der Waals surface area contributed by atoms with Crippen LogP contribution in [0.2, 0.25) is 0 Å². The molecule has 4 N–H and O–H groups in total. The molecule has 0 saturated carbocycles. The van der Waals surface area contributed by atoms with Crippen molar-refractivity contribution in [2.45, 2.75) is 12.1 Å². The summed E-state index contributed by atoms with van der Waals surface area (Å²) in [6, 6.07) is 16.9. The molecule has 5 heteroatoms. The van der Waals surface area contributed by atoms with Crippen molar-refractivity contribution < 1.29 is 14.0 Å². The van der Waals surface area contributed by atoms with Crippen LogP contribution < -0.4 is 11.5 Å². The minimum Gasteiger partial charge on any atom is -0.367 e. The largest absolute Gasteiger partial charge is 0.367 e. The van der Waals surface area contributed by atoms with Gasteiger partial charge in [0.25, 0.3) is 5.91 Å². The van der Waals surface area contributed by atoms with Crippen molar-refractivity contribution in [2.24, 2.45) is 11.5 Å². The first-order chi connectivity index (χ1) is 11.9. The Morgan fingerprint density at radius 1 is 0.840 bits per heavy atom. The minimum atomic E-state index is -2.46. The molecule has 2 aromatic carbocycles. The van der Waals surface area contributed by atoms with E-state index >= 15 is 4.39 Å². The Labute approximate surface area is 144 Å². The predicted molar refractivity (Wildman–Crippen MR) is 94.8 cm³/mol. The summed E-state index contributed by atoms with van der Waals surface area (Å²) in [5.74, 6) is -1.91. The van der Waals surface area contributed by atoms with Gasteiger partial charge in [-0.15, -0.1) is 0 Å². The number of carbonyl (C=O) groups is 2. The Hall–Kier alpha value is -3.21. The second-order valence-corrected chi connectivity index (χ2v) is 5.92. The van der Waals surface area contributed by atoms with E-state index in [-0.39, 0.29) is 11.1 Å².